The van der Waals surface area contributed by atoms with Crippen LogP contribution < -0.4 is 10.1 Å². The van der Waals surface area contributed by atoms with Gasteiger partial charge in [0, 0.05) is 51.1 Å². The van der Waals surface area contributed by atoms with Gasteiger partial charge in [-0.3, -0.25) is 9.69 Å². The largest absolute Gasteiger partial charge is 0.573 e. The fraction of sp³-hybridized carbons (Fsp3) is 0.682. The fourth-order valence-electron chi connectivity index (χ4n) is 4.72. The Bertz CT molecular complexity index is 985. The SMILES string of the molecule is CCCS(=O)(=O)N1CCN(C2(CNC(=O)c3ccccc3OC(F)(F)F)CCC(F)(F)CC2)CC1. The number of halogens is 5. The van der Waals surface area contributed by atoms with Crippen LogP contribution >= 0.6 is 0 Å². The molecule has 35 heavy (non-hydrogen) atoms. The Morgan fingerprint density at radius 1 is 1.06 bits per heavy atom. The van der Waals surface area contributed by atoms with Gasteiger partial charge in [-0.05, 0) is 31.4 Å². The first-order valence-electron chi connectivity index (χ1n) is 11.5. The third-order valence-corrected chi connectivity index (χ3v) is 8.69. The Balaban J connectivity index is 1.74. The molecule has 1 heterocycles. The van der Waals surface area contributed by atoms with E-state index < -0.39 is 52.3 Å². The maximum atomic E-state index is 14.0. The predicted molar refractivity (Wildman–Crippen MR) is 119 cm³/mol. The van der Waals surface area contributed by atoms with Crippen molar-refractivity contribution in [3.05, 3.63) is 29.8 Å². The molecule has 198 valence electrons. The Morgan fingerprint density at radius 3 is 2.23 bits per heavy atom. The summed E-state index contributed by atoms with van der Waals surface area (Å²) < 4.78 is 96.2. The number of ether oxygens (including phenoxy) is 1. The van der Waals surface area contributed by atoms with Crippen LogP contribution in [0.4, 0.5) is 22.0 Å². The number of benzene rings is 1. The van der Waals surface area contributed by atoms with E-state index in [9.17, 15) is 35.2 Å². The van der Waals surface area contributed by atoms with Crippen molar-refractivity contribution in [1.82, 2.24) is 14.5 Å². The van der Waals surface area contributed by atoms with Crippen molar-refractivity contribution in [1.29, 1.82) is 0 Å². The first-order valence-corrected chi connectivity index (χ1v) is 13.1. The van der Waals surface area contributed by atoms with Gasteiger partial charge in [0.2, 0.25) is 15.9 Å². The number of carbonyl (C=O) groups is 1. The lowest BCUT2D eigenvalue weighted by molar-refractivity contribution is -0.274. The average Bonchev–Trinajstić information content (AvgIpc) is 2.78. The molecule has 1 aromatic carbocycles. The molecule has 0 radical (unpaired) electrons. The van der Waals surface area contributed by atoms with Crippen LogP contribution in [-0.2, 0) is 10.0 Å². The Kier molecular flexibility index (Phi) is 8.32. The molecule has 2 aliphatic rings. The topological polar surface area (TPSA) is 79.0 Å². The second kappa shape index (κ2) is 10.6. The number of nitrogens with zero attached hydrogens (tertiary/aromatic N) is 2. The quantitative estimate of drug-likeness (QED) is 0.523. The highest BCUT2D eigenvalue weighted by molar-refractivity contribution is 7.89. The second-order valence-electron chi connectivity index (χ2n) is 9.01. The molecular weight excluding hydrogens is 497 g/mol. The van der Waals surface area contributed by atoms with Crippen LogP contribution in [-0.4, -0.2) is 79.8 Å². The summed E-state index contributed by atoms with van der Waals surface area (Å²) in [6, 6.07) is 4.91. The van der Waals surface area contributed by atoms with Crippen LogP contribution in [0.15, 0.2) is 24.3 Å². The number of para-hydroxylation sites is 1. The number of hydrogen-bond acceptors (Lipinski definition) is 5. The normalized spacial score (nSPS) is 21.4. The van der Waals surface area contributed by atoms with E-state index >= 15 is 0 Å². The summed E-state index contributed by atoms with van der Waals surface area (Å²) in [5.74, 6) is -4.28. The monoisotopic (exact) mass is 527 g/mol. The van der Waals surface area contributed by atoms with Gasteiger partial charge in [0.15, 0.2) is 0 Å². The summed E-state index contributed by atoms with van der Waals surface area (Å²) >= 11 is 0. The van der Waals surface area contributed by atoms with Gasteiger partial charge in [0.25, 0.3) is 5.91 Å². The summed E-state index contributed by atoms with van der Waals surface area (Å²) in [6.07, 6.45) is -5.18. The Labute approximate surface area is 201 Å². The highest BCUT2D eigenvalue weighted by atomic mass is 32.2. The van der Waals surface area contributed by atoms with E-state index in [2.05, 4.69) is 10.1 Å². The van der Waals surface area contributed by atoms with Crippen molar-refractivity contribution >= 4 is 15.9 Å². The van der Waals surface area contributed by atoms with Crippen molar-refractivity contribution in [3.8, 4) is 5.75 Å². The third-order valence-electron chi connectivity index (χ3n) is 6.61. The number of alkyl halides is 5. The van der Waals surface area contributed by atoms with Crippen LogP contribution in [0.25, 0.3) is 0 Å². The van der Waals surface area contributed by atoms with Crippen LogP contribution in [0.3, 0.4) is 0 Å². The Hall–Kier alpha value is -1.99. The number of amides is 1. The van der Waals surface area contributed by atoms with Gasteiger partial charge in [-0.15, -0.1) is 13.2 Å². The first-order chi connectivity index (χ1) is 16.3. The van der Waals surface area contributed by atoms with Gasteiger partial charge in [-0.1, -0.05) is 19.1 Å². The van der Waals surface area contributed by atoms with Gasteiger partial charge in [0.05, 0.1) is 11.3 Å². The molecular formula is C22H30F5N3O4S. The second-order valence-corrected chi connectivity index (χ2v) is 11.1. The molecule has 1 N–H and O–H groups in total. The van der Waals surface area contributed by atoms with Crippen LogP contribution in [0.2, 0.25) is 0 Å². The zero-order valence-corrected chi connectivity index (χ0v) is 20.2. The highest BCUT2D eigenvalue weighted by Gasteiger charge is 2.48. The van der Waals surface area contributed by atoms with E-state index in [1.807, 2.05) is 4.90 Å². The van der Waals surface area contributed by atoms with Gasteiger partial charge >= 0.3 is 6.36 Å². The number of sulfonamides is 1. The maximum absolute atomic E-state index is 14.0. The lowest BCUT2D eigenvalue weighted by Gasteiger charge is -2.50. The van der Waals surface area contributed by atoms with E-state index in [1.54, 1.807) is 6.92 Å². The summed E-state index contributed by atoms with van der Waals surface area (Å²) in [5, 5.41) is 2.62. The summed E-state index contributed by atoms with van der Waals surface area (Å²) in [5.41, 5.74) is -1.19. The average molecular weight is 528 g/mol. The molecule has 3 rings (SSSR count). The van der Waals surface area contributed by atoms with Crippen molar-refractivity contribution in [2.75, 3.05) is 38.5 Å². The molecule has 13 heteroatoms. The summed E-state index contributed by atoms with van der Waals surface area (Å²) in [7, 11) is -3.40. The molecule has 1 aromatic rings. The molecule has 0 atom stereocenters. The number of rotatable bonds is 8. The van der Waals surface area contributed by atoms with Crippen LogP contribution in [0, 0.1) is 0 Å². The molecule has 1 saturated carbocycles. The lowest BCUT2D eigenvalue weighted by Crippen LogP contribution is -2.63. The maximum Gasteiger partial charge on any atom is 0.573 e. The van der Waals surface area contributed by atoms with Crippen molar-refractivity contribution < 1.29 is 39.9 Å². The van der Waals surface area contributed by atoms with E-state index in [0.29, 0.717) is 19.5 Å². The summed E-state index contributed by atoms with van der Waals surface area (Å²) in [4.78, 5) is 14.7. The van der Waals surface area contributed by atoms with Gasteiger partial charge in [0.1, 0.15) is 5.75 Å². The van der Waals surface area contributed by atoms with Crippen molar-refractivity contribution in [2.24, 2.45) is 0 Å². The van der Waals surface area contributed by atoms with Crippen LogP contribution in [0.1, 0.15) is 49.4 Å². The molecule has 1 aliphatic carbocycles. The van der Waals surface area contributed by atoms with Gasteiger partial charge in [-0.2, -0.15) is 4.31 Å². The van der Waals surface area contributed by atoms with E-state index in [4.69, 9.17) is 0 Å². The molecule has 0 unspecified atom stereocenters. The fourth-order valence-corrected chi connectivity index (χ4v) is 6.22. The molecule has 1 saturated heterocycles. The van der Waals surface area contributed by atoms with E-state index in [-0.39, 0.29) is 43.8 Å². The number of nitrogens with one attached hydrogen (secondary N) is 1. The number of carbonyl (C=O) groups excluding carboxylic acids is 1. The van der Waals surface area contributed by atoms with Crippen molar-refractivity contribution in [2.45, 2.75) is 56.9 Å². The van der Waals surface area contributed by atoms with Crippen molar-refractivity contribution in [3.63, 3.8) is 0 Å². The molecule has 0 bridgehead atoms. The minimum absolute atomic E-state index is 0.0276. The molecule has 2 fully saturated rings. The van der Waals surface area contributed by atoms with Crippen LogP contribution in [0.5, 0.6) is 5.75 Å². The minimum atomic E-state index is -4.98. The van der Waals surface area contributed by atoms with E-state index in [0.717, 1.165) is 6.07 Å². The number of piperazine rings is 1. The number of hydrogen-bond donors (Lipinski definition) is 1. The zero-order valence-electron chi connectivity index (χ0n) is 19.4. The molecule has 7 nitrogen and oxygen atoms in total. The third kappa shape index (κ3) is 7.04. The standard InChI is InChI=1S/C22H30F5N3O4S/c1-2-15-35(32,33)30-13-11-29(12-14-30)20(7-9-21(23,24)10-8-20)16-28-19(31)17-5-3-4-6-18(17)34-22(25,26)27/h3-6H,2,7-16H2,1H3,(H,28,31). The zero-order chi connectivity index (χ0) is 25.9. The van der Waals surface area contributed by atoms with E-state index in [1.165, 1.54) is 22.5 Å². The van der Waals surface area contributed by atoms with Gasteiger partial charge in [-0.25, -0.2) is 17.2 Å². The molecule has 1 amide bonds. The predicted octanol–water partition coefficient (Wildman–Crippen LogP) is 3.62. The Morgan fingerprint density at radius 2 is 1.66 bits per heavy atom. The smallest absolute Gasteiger partial charge is 0.405 e. The molecule has 0 aromatic heterocycles. The molecule has 1 aliphatic heterocycles. The first kappa shape index (κ1) is 27.6. The lowest BCUT2D eigenvalue weighted by atomic mass is 9.78. The van der Waals surface area contributed by atoms with Gasteiger partial charge < -0.3 is 10.1 Å². The minimum Gasteiger partial charge on any atom is -0.405 e. The molecule has 0 spiro atoms. The summed E-state index contributed by atoms with van der Waals surface area (Å²) in [6.45, 7) is 2.72. The highest BCUT2D eigenvalue weighted by Crippen LogP contribution is 2.42.